The molecule has 1 aromatic heterocycles. The molecule has 1 N–H and O–H groups in total. The smallest absolute Gasteiger partial charge is 0.325 e. The Hall–Kier alpha value is -3.23. The Morgan fingerprint density at radius 2 is 1.90 bits per heavy atom. The highest BCUT2D eigenvalue weighted by Gasteiger charge is 2.54. The fourth-order valence-corrected chi connectivity index (χ4v) is 4.32. The predicted octanol–water partition coefficient (Wildman–Crippen LogP) is 1.12. The number of nitrogens with one attached hydrogen (secondary N) is 1. The first-order valence-electron chi connectivity index (χ1n) is 10.1. The van der Waals surface area contributed by atoms with Gasteiger partial charge in [-0.2, -0.15) is 0 Å². The maximum Gasteiger partial charge on any atom is 0.325 e. The molecule has 9 heteroatoms. The van der Waals surface area contributed by atoms with Gasteiger partial charge in [-0.1, -0.05) is 13.8 Å². The van der Waals surface area contributed by atoms with Crippen molar-refractivity contribution >= 4 is 28.7 Å². The first-order chi connectivity index (χ1) is 14.2. The second-order valence-corrected chi connectivity index (χ2v) is 8.48. The number of hydrogen-bond acceptors (Lipinski definition) is 5. The highest BCUT2D eigenvalue weighted by atomic mass is 16.2. The van der Waals surface area contributed by atoms with Crippen molar-refractivity contribution in [3.8, 4) is 0 Å². The second kappa shape index (κ2) is 7.23. The number of urea groups is 1. The first-order valence-corrected chi connectivity index (χ1v) is 10.1. The molecule has 4 rings (SSSR count). The molecule has 2 aliphatic heterocycles. The molecule has 2 saturated heterocycles. The van der Waals surface area contributed by atoms with E-state index in [0.717, 1.165) is 0 Å². The molecule has 30 heavy (non-hydrogen) atoms. The van der Waals surface area contributed by atoms with Gasteiger partial charge in [-0.25, -0.2) is 9.78 Å². The highest BCUT2D eigenvalue weighted by Crippen LogP contribution is 2.34. The van der Waals surface area contributed by atoms with E-state index in [2.05, 4.69) is 10.3 Å². The van der Waals surface area contributed by atoms with E-state index in [4.69, 9.17) is 0 Å². The van der Waals surface area contributed by atoms with Gasteiger partial charge in [0.15, 0.2) is 0 Å². The van der Waals surface area contributed by atoms with Crippen molar-refractivity contribution in [2.45, 2.75) is 32.2 Å². The van der Waals surface area contributed by atoms with Crippen molar-refractivity contribution in [2.24, 2.45) is 13.0 Å². The van der Waals surface area contributed by atoms with Crippen LogP contribution >= 0.6 is 0 Å². The van der Waals surface area contributed by atoms with Crippen molar-refractivity contribution in [1.29, 1.82) is 0 Å². The van der Waals surface area contributed by atoms with Crippen LogP contribution in [0.4, 0.5) is 4.79 Å². The predicted molar refractivity (Wildman–Crippen MR) is 110 cm³/mol. The average Bonchev–Trinajstić information content (AvgIpc) is 2.94. The number of rotatable bonds is 3. The third kappa shape index (κ3) is 3.14. The highest BCUT2D eigenvalue weighted by molar-refractivity contribution is 6.07. The van der Waals surface area contributed by atoms with Crippen LogP contribution in [0.3, 0.4) is 0 Å². The summed E-state index contributed by atoms with van der Waals surface area (Å²) in [6.45, 7) is 5.25. The van der Waals surface area contributed by atoms with Gasteiger partial charge in [-0.15, -0.1) is 0 Å². The molecule has 2 aromatic rings. The maximum atomic E-state index is 13.0. The summed E-state index contributed by atoms with van der Waals surface area (Å²) in [7, 11) is 1.63. The Kier molecular flexibility index (Phi) is 4.83. The number of aryl methyl sites for hydroxylation is 1. The zero-order valence-electron chi connectivity index (χ0n) is 17.3. The van der Waals surface area contributed by atoms with E-state index in [1.807, 2.05) is 13.8 Å². The number of benzene rings is 1. The van der Waals surface area contributed by atoms with E-state index in [-0.39, 0.29) is 29.3 Å². The minimum absolute atomic E-state index is 0.166. The van der Waals surface area contributed by atoms with E-state index in [1.165, 1.54) is 10.9 Å². The van der Waals surface area contributed by atoms with Crippen molar-refractivity contribution < 1.29 is 14.4 Å². The summed E-state index contributed by atoms with van der Waals surface area (Å²) in [6.07, 6.45) is 2.23. The van der Waals surface area contributed by atoms with Gasteiger partial charge in [0, 0.05) is 32.2 Å². The Balaban J connectivity index is 1.54. The fraction of sp³-hybridized carbons (Fsp3) is 0.476. The van der Waals surface area contributed by atoms with Gasteiger partial charge in [0.2, 0.25) is 0 Å². The number of imide groups is 1. The molecule has 0 saturated carbocycles. The fourth-order valence-electron chi connectivity index (χ4n) is 4.32. The van der Waals surface area contributed by atoms with Crippen molar-refractivity contribution in [1.82, 2.24) is 24.7 Å². The molecule has 0 atom stereocenters. The van der Waals surface area contributed by atoms with Crippen LogP contribution in [0.25, 0.3) is 10.9 Å². The van der Waals surface area contributed by atoms with Gasteiger partial charge in [-0.05, 0) is 37.0 Å². The van der Waals surface area contributed by atoms with Gasteiger partial charge in [0.25, 0.3) is 17.4 Å². The standard InChI is InChI=1S/C21H25N5O4/c1-13(2)11-26-20(30)23-19(29)21(26)6-8-25(9-7-21)17(27)14-4-5-15-16(10-14)22-12-24(3)18(15)28/h4-5,10,12-13H,6-9,11H2,1-3H3,(H,23,29,30). The molecule has 9 nitrogen and oxygen atoms in total. The van der Waals surface area contributed by atoms with Crippen LogP contribution < -0.4 is 10.9 Å². The zero-order valence-corrected chi connectivity index (χ0v) is 17.3. The maximum absolute atomic E-state index is 13.0. The molecule has 4 amide bonds. The quantitative estimate of drug-likeness (QED) is 0.762. The van der Waals surface area contributed by atoms with Gasteiger partial charge in [0.1, 0.15) is 5.54 Å². The number of carbonyl (C=O) groups excluding carboxylic acids is 3. The molecule has 0 aliphatic carbocycles. The summed E-state index contributed by atoms with van der Waals surface area (Å²) in [5, 5.41) is 2.90. The van der Waals surface area contributed by atoms with Crippen molar-refractivity contribution in [3.63, 3.8) is 0 Å². The van der Waals surface area contributed by atoms with E-state index in [0.29, 0.717) is 48.9 Å². The number of carbonyl (C=O) groups is 3. The van der Waals surface area contributed by atoms with Crippen molar-refractivity contribution in [2.75, 3.05) is 19.6 Å². The summed E-state index contributed by atoms with van der Waals surface area (Å²) >= 11 is 0. The summed E-state index contributed by atoms with van der Waals surface area (Å²) in [5.74, 6) is -0.212. The number of aromatic nitrogens is 2. The monoisotopic (exact) mass is 411 g/mol. The molecule has 2 fully saturated rings. The van der Waals surface area contributed by atoms with Crippen LogP contribution in [-0.4, -0.2) is 62.4 Å². The number of likely N-dealkylation sites (tertiary alicyclic amines) is 1. The number of hydrogen-bond donors (Lipinski definition) is 1. The molecule has 0 radical (unpaired) electrons. The summed E-state index contributed by atoms with van der Waals surface area (Å²) in [5.41, 5.74) is -0.123. The number of piperidine rings is 1. The van der Waals surface area contributed by atoms with Gasteiger partial charge in [-0.3, -0.25) is 19.7 Å². The van der Waals surface area contributed by atoms with Crippen LogP contribution in [0.5, 0.6) is 0 Å². The van der Waals surface area contributed by atoms with E-state index < -0.39 is 5.54 Å². The van der Waals surface area contributed by atoms with Crippen LogP contribution in [0.1, 0.15) is 37.0 Å². The van der Waals surface area contributed by atoms with Gasteiger partial charge < -0.3 is 14.4 Å². The summed E-state index contributed by atoms with van der Waals surface area (Å²) in [4.78, 5) is 57.7. The zero-order chi connectivity index (χ0) is 21.6. The summed E-state index contributed by atoms with van der Waals surface area (Å²) < 4.78 is 1.39. The third-order valence-electron chi connectivity index (χ3n) is 6.00. The van der Waals surface area contributed by atoms with E-state index in [1.54, 1.807) is 35.0 Å². The molecule has 0 bridgehead atoms. The van der Waals surface area contributed by atoms with Gasteiger partial charge >= 0.3 is 6.03 Å². The lowest BCUT2D eigenvalue weighted by Crippen LogP contribution is -2.58. The Bertz CT molecular complexity index is 1100. The lowest BCUT2D eigenvalue weighted by molar-refractivity contribution is -0.129. The van der Waals surface area contributed by atoms with Gasteiger partial charge in [0.05, 0.1) is 17.2 Å². The lowest BCUT2D eigenvalue weighted by Gasteiger charge is -2.42. The molecule has 3 heterocycles. The third-order valence-corrected chi connectivity index (χ3v) is 6.00. The molecule has 1 aromatic carbocycles. The van der Waals surface area contributed by atoms with Crippen LogP contribution in [-0.2, 0) is 11.8 Å². The molecule has 158 valence electrons. The average molecular weight is 411 g/mol. The SMILES string of the molecule is CC(C)CN1C(=O)NC(=O)C12CCN(C(=O)c1ccc3c(=O)n(C)cnc3c1)CC2. The van der Waals surface area contributed by atoms with Crippen molar-refractivity contribution in [3.05, 3.63) is 40.4 Å². The Morgan fingerprint density at radius 3 is 2.57 bits per heavy atom. The molecule has 1 spiro atoms. The minimum Gasteiger partial charge on any atom is -0.338 e. The normalized spacial score (nSPS) is 18.5. The van der Waals surface area contributed by atoms with E-state index in [9.17, 15) is 19.2 Å². The number of fused-ring (bicyclic) bond motifs is 1. The van der Waals surface area contributed by atoms with Crippen LogP contribution in [0.2, 0.25) is 0 Å². The van der Waals surface area contributed by atoms with Crippen LogP contribution in [0, 0.1) is 5.92 Å². The number of amides is 4. The topological polar surface area (TPSA) is 105 Å². The number of nitrogens with zero attached hydrogens (tertiary/aromatic N) is 4. The Labute approximate surface area is 173 Å². The molecule has 2 aliphatic rings. The molecular weight excluding hydrogens is 386 g/mol. The second-order valence-electron chi connectivity index (χ2n) is 8.48. The van der Waals surface area contributed by atoms with E-state index >= 15 is 0 Å². The largest absolute Gasteiger partial charge is 0.338 e. The Morgan fingerprint density at radius 1 is 1.20 bits per heavy atom. The lowest BCUT2D eigenvalue weighted by atomic mass is 9.85. The van der Waals surface area contributed by atoms with Crippen LogP contribution in [0.15, 0.2) is 29.3 Å². The molecular formula is C21H25N5O4. The molecule has 0 unspecified atom stereocenters. The first kappa shape index (κ1) is 20.1. The summed E-state index contributed by atoms with van der Waals surface area (Å²) in [6, 6.07) is 4.53. The minimum atomic E-state index is -0.880.